The van der Waals surface area contributed by atoms with Crippen molar-refractivity contribution in [2.75, 3.05) is 19.8 Å². The van der Waals surface area contributed by atoms with Crippen LogP contribution < -0.4 is 5.32 Å². The van der Waals surface area contributed by atoms with Gasteiger partial charge in [-0.15, -0.1) is 0 Å². The Bertz CT molecular complexity index is 1870. The molecule has 2 saturated heterocycles. The van der Waals surface area contributed by atoms with Crippen molar-refractivity contribution in [3.63, 3.8) is 0 Å². The standard InChI is InChI=1S/C86H161NO13/c1-3-5-7-9-11-13-15-17-19-21-23-25-27-29-31-33-35-37-39-41-43-45-47-49-51-53-55-57-59-61-63-65-67-69-75(90)74(73-97-85-83(96)81(94)84(77(72-89)99-85)100-86-82(95)80(93)79(92)76(71-88)98-86)87-78(91)70-68-66-64-62-60-58-56-54-52-50-48-46-44-42-40-38-36-34-32-30-28-26-24-22-20-18-16-14-12-10-8-6-4-2/h22,24,51,53,59,61,67,69,74-77,79-86,88-90,92-96H,3-21,23,25-50,52,54-58,60,62-66,68,70-73H2,1-2H3,(H,87,91)/b24-22-,53-51+,61-59+,69-67+. The lowest BCUT2D eigenvalue weighted by atomic mass is 9.97. The van der Waals surface area contributed by atoms with Crippen molar-refractivity contribution >= 4 is 5.91 Å². The van der Waals surface area contributed by atoms with E-state index >= 15 is 0 Å². The van der Waals surface area contributed by atoms with Crippen molar-refractivity contribution in [1.29, 1.82) is 0 Å². The number of allylic oxidation sites excluding steroid dienone is 7. The summed E-state index contributed by atoms with van der Waals surface area (Å²) in [6.07, 6.45) is 78.0. The van der Waals surface area contributed by atoms with Crippen LogP contribution in [0.1, 0.15) is 399 Å². The molecule has 0 bridgehead atoms. The highest BCUT2D eigenvalue weighted by Gasteiger charge is 2.51. The molecule has 588 valence electrons. The zero-order valence-corrected chi connectivity index (χ0v) is 64.7. The summed E-state index contributed by atoms with van der Waals surface area (Å²) in [5, 5.41) is 87.7. The topological polar surface area (TPSA) is 228 Å². The molecule has 100 heavy (non-hydrogen) atoms. The van der Waals surface area contributed by atoms with Crippen LogP contribution in [0.4, 0.5) is 0 Å². The molecule has 0 aliphatic carbocycles. The molecule has 2 fully saturated rings. The molecule has 0 radical (unpaired) electrons. The first-order valence-corrected chi connectivity index (χ1v) is 42.9. The predicted molar refractivity (Wildman–Crippen MR) is 415 cm³/mol. The van der Waals surface area contributed by atoms with Gasteiger partial charge in [-0.3, -0.25) is 4.79 Å². The summed E-state index contributed by atoms with van der Waals surface area (Å²) in [6.45, 7) is 2.84. The van der Waals surface area contributed by atoms with Gasteiger partial charge in [0.1, 0.15) is 48.8 Å². The molecule has 0 aromatic carbocycles. The Morgan fingerprint density at radius 1 is 0.350 bits per heavy atom. The molecule has 2 rings (SSSR count). The fourth-order valence-corrected chi connectivity index (χ4v) is 14.2. The van der Waals surface area contributed by atoms with Crippen molar-refractivity contribution < 1.29 is 64.6 Å². The maximum absolute atomic E-state index is 13.4. The zero-order chi connectivity index (χ0) is 72.2. The summed E-state index contributed by atoms with van der Waals surface area (Å²) in [7, 11) is 0. The van der Waals surface area contributed by atoms with E-state index in [1.165, 1.54) is 321 Å². The highest BCUT2D eigenvalue weighted by molar-refractivity contribution is 5.76. The third-order valence-corrected chi connectivity index (χ3v) is 21.0. The van der Waals surface area contributed by atoms with E-state index in [0.717, 1.165) is 44.9 Å². The largest absolute Gasteiger partial charge is 0.394 e. The monoisotopic (exact) mass is 1420 g/mol. The fourth-order valence-electron chi connectivity index (χ4n) is 14.2. The molecule has 0 saturated carbocycles. The molecule has 0 aromatic heterocycles. The molecular weight excluding hydrogens is 1250 g/mol. The summed E-state index contributed by atoms with van der Waals surface area (Å²) in [4.78, 5) is 13.4. The van der Waals surface area contributed by atoms with Gasteiger partial charge in [-0.25, -0.2) is 0 Å². The smallest absolute Gasteiger partial charge is 0.220 e. The van der Waals surface area contributed by atoms with Crippen molar-refractivity contribution in [2.24, 2.45) is 0 Å². The number of rotatable bonds is 73. The lowest BCUT2D eigenvalue weighted by Gasteiger charge is -2.46. The van der Waals surface area contributed by atoms with E-state index in [9.17, 15) is 45.6 Å². The van der Waals surface area contributed by atoms with Crippen LogP contribution in [0.25, 0.3) is 0 Å². The molecule has 0 aromatic rings. The van der Waals surface area contributed by atoms with Gasteiger partial charge in [0, 0.05) is 6.42 Å². The number of ether oxygens (including phenoxy) is 4. The van der Waals surface area contributed by atoms with Crippen LogP contribution in [0.3, 0.4) is 0 Å². The number of aliphatic hydroxyl groups excluding tert-OH is 8. The van der Waals surface area contributed by atoms with Gasteiger partial charge in [-0.2, -0.15) is 0 Å². The number of amides is 1. The molecule has 14 nitrogen and oxygen atoms in total. The fraction of sp³-hybridized carbons (Fsp3) is 0.895. The van der Waals surface area contributed by atoms with Crippen molar-refractivity contribution in [3.8, 4) is 0 Å². The lowest BCUT2D eigenvalue weighted by Crippen LogP contribution is -2.65. The third-order valence-electron chi connectivity index (χ3n) is 21.0. The van der Waals surface area contributed by atoms with E-state index in [-0.39, 0.29) is 18.9 Å². The molecule has 0 spiro atoms. The molecule has 2 aliphatic heterocycles. The Kier molecular flexibility index (Phi) is 65.8. The minimum Gasteiger partial charge on any atom is -0.394 e. The third kappa shape index (κ3) is 52.0. The number of nitrogens with one attached hydrogen (secondary N) is 1. The first-order valence-electron chi connectivity index (χ1n) is 42.9. The minimum atomic E-state index is -1.79. The molecule has 12 atom stereocenters. The summed E-state index contributed by atoms with van der Waals surface area (Å²) in [6, 6.07) is -0.940. The first-order chi connectivity index (χ1) is 49.1. The SMILES string of the molecule is CCCCCCCCCC/C=C\CCCCCCCCCCCCCCCCCCCCCCCC(=O)NC(COC1OC(CO)C(OC2OC(CO)C(O)C(O)C2O)C(O)C1O)C(O)/C=C/CC/C=C/CC/C=C/CCCCCCCCCCCCCCCCCCCCCCCCC. The van der Waals surface area contributed by atoms with Gasteiger partial charge in [0.05, 0.1) is 32.0 Å². The molecule has 14 heteroatoms. The quantitative estimate of drug-likeness (QED) is 0.0204. The molecule has 9 N–H and O–H groups in total. The molecular formula is C86H161NO13. The number of carbonyl (C=O) groups excluding carboxylic acids is 1. The minimum absolute atomic E-state index is 0.246. The Morgan fingerprint density at radius 2 is 0.640 bits per heavy atom. The maximum atomic E-state index is 13.4. The van der Waals surface area contributed by atoms with Gasteiger partial charge < -0.3 is 65.1 Å². The van der Waals surface area contributed by atoms with E-state index in [1.54, 1.807) is 6.08 Å². The van der Waals surface area contributed by atoms with Crippen LogP contribution in [0.5, 0.6) is 0 Å². The van der Waals surface area contributed by atoms with E-state index in [0.29, 0.717) is 12.8 Å². The van der Waals surface area contributed by atoms with Crippen LogP contribution in [0.2, 0.25) is 0 Å². The van der Waals surface area contributed by atoms with E-state index in [1.807, 2.05) is 6.08 Å². The second-order valence-electron chi connectivity index (χ2n) is 30.3. The summed E-state index contributed by atoms with van der Waals surface area (Å²) >= 11 is 0. The molecule has 1 amide bonds. The van der Waals surface area contributed by atoms with Gasteiger partial charge in [0.2, 0.25) is 5.91 Å². The van der Waals surface area contributed by atoms with Crippen LogP contribution in [0.15, 0.2) is 48.6 Å². The predicted octanol–water partition coefficient (Wildman–Crippen LogP) is 20.1. The number of unbranched alkanes of at least 4 members (excludes halogenated alkanes) is 54. The van der Waals surface area contributed by atoms with Crippen molar-refractivity contribution in [1.82, 2.24) is 5.32 Å². The van der Waals surface area contributed by atoms with Crippen LogP contribution in [0, 0.1) is 0 Å². The van der Waals surface area contributed by atoms with Crippen molar-refractivity contribution in [3.05, 3.63) is 48.6 Å². The Labute approximate surface area is 614 Å². The Morgan fingerprint density at radius 3 is 0.980 bits per heavy atom. The Balaban J connectivity index is 1.61. The molecule has 2 heterocycles. The normalized spacial score (nSPS) is 22.0. The van der Waals surface area contributed by atoms with E-state index < -0.39 is 86.8 Å². The summed E-state index contributed by atoms with van der Waals surface area (Å²) in [5.41, 5.74) is 0. The second-order valence-corrected chi connectivity index (χ2v) is 30.3. The average Bonchev–Trinajstić information content (AvgIpc) is 0.791. The highest BCUT2D eigenvalue weighted by atomic mass is 16.7. The Hall–Kier alpha value is -2.05. The maximum Gasteiger partial charge on any atom is 0.220 e. The summed E-state index contributed by atoms with van der Waals surface area (Å²) in [5.74, 6) is -0.246. The second kappa shape index (κ2) is 70.0. The van der Waals surface area contributed by atoms with Crippen LogP contribution in [-0.2, 0) is 23.7 Å². The van der Waals surface area contributed by atoms with E-state index in [4.69, 9.17) is 18.9 Å². The van der Waals surface area contributed by atoms with Gasteiger partial charge in [-0.1, -0.05) is 371 Å². The first kappa shape index (κ1) is 94.0. The lowest BCUT2D eigenvalue weighted by molar-refractivity contribution is -0.359. The van der Waals surface area contributed by atoms with Gasteiger partial charge in [-0.05, 0) is 70.6 Å². The number of aliphatic hydroxyl groups is 8. The summed E-state index contributed by atoms with van der Waals surface area (Å²) < 4.78 is 22.9. The number of hydrogen-bond acceptors (Lipinski definition) is 13. The average molecular weight is 1420 g/mol. The van der Waals surface area contributed by atoms with Gasteiger partial charge in [0.15, 0.2) is 12.6 Å². The molecule has 2 aliphatic rings. The van der Waals surface area contributed by atoms with E-state index in [2.05, 4.69) is 55.6 Å². The van der Waals surface area contributed by atoms with Crippen molar-refractivity contribution in [2.45, 2.75) is 473 Å². The number of carbonyl (C=O) groups is 1. The molecule has 12 unspecified atom stereocenters. The zero-order valence-electron chi connectivity index (χ0n) is 64.7. The highest BCUT2D eigenvalue weighted by Crippen LogP contribution is 2.30. The van der Waals surface area contributed by atoms with Crippen LogP contribution >= 0.6 is 0 Å². The van der Waals surface area contributed by atoms with Gasteiger partial charge >= 0.3 is 0 Å². The van der Waals surface area contributed by atoms with Gasteiger partial charge in [0.25, 0.3) is 0 Å². The van der Waals surface area contributed by atoms with Crippen LogP contribution in [-0.4, -0.2) is 140 Å². The number of hydrogen-bond donors (Lipinski definition) is 9.